The molecule has 1 amide bonds. The van der Waals surface area contributed by atoms with Crippen LogP contribution in [0.1, 0.15) is 73.6 Å². The summed E-state index contributed by atoms with van der Waals surface area (Å²) in [5.74, 6) is -0.176. The Kier molecular flexibility index (Phi) is 10.0. The molecule has 5 rings (SSSR count). The lowest BCUT2D eigenvalue weighted by molar-refractivity contribution is -0.385. The van der Waals surface area contributed by atoms with Gasteiger partial charge in [-0.2, -0.15) is 4.98 Å². The number of aromatic amines is 1. The zero-order valence-corrected chi connectivity index (χ0v) is 30.0. The lowest BCUT2D eigenvalue weighted by Gasteiger charge is -2.51. The summed E-state index contributed by atoms with van der Waals surface area (Å²) in [6.45, 7) is 17.3. The molecule has 2 fully saturated rings. The van der Waals surface area contributed by atoms with E-state index < -0.39 is 39.9 Å². The van der Waals surface area contributed by atoms with Gasteiger partial charge in [-0.1, -0.05) is 67.5 Å². The second-order valence-corrected chi connectivity index (χ2v) is 22.2. The fourth-order valence-corrected chi connectivity index (χ4v) is 17.8. The number of carbonyl (C=O) groups excluding carboxylic acids is 1. The van der Waals surface area contributed by atoms with E-state index in [1.54, 1.807) is 10.6 Å². The van der Waals surface area contributed by atoms with E-state index in [0.29, 0.717) is 13.0 Å². The molecule has 2 aromatic heterocycles. The van der Waals surface area contributed by atoms with Gasteiger partial charge in [0.2, 0.25) is 5.95 Å². The minimum Gasteiger partial charge on any atom is -0.444 e. The van der Waals surface area contributed by atoms with Crippen LogP contribution in [0.4, 0.5) is 16.4 Å². The van der Waals surface area contributed by atoms with Crippen molar-refractivity contribution >= 4 is 46.0 Å². The summed E-state index contributed by atoms with van der Waals surface area (Å²) in [6.07, 6.45) is -0.302. The minimum atomic E-state index is -2.85. The Hall–Kier alpha value is -3.49. The van der Waals surface area contributed by atoms with Crippen LogP contribution in [0.15, 0.2) is 35.4 Å². The van der Waals surface area contributed by atoms with E-state index >= 15 is 0 Å². The molecule has 2 N–H and O–H groups in total. The largest absolute Gasteiger partial charge is 0.444 e. The van der Waals surface area contributed by atoms with Gasteiger partial charge in [0.1, 0.15) is 18.9 Å². The average molecular weight is 689 g/mol. The summed E-state index contributed by atoms with van der Waals surface area (Å²) in [5, 5.41) is 13.7. The fourth-order valence-electron chi connectivity index (χ4n) is 6.59. The number of benzene rings is 1. The number of fused-ring (bicyclic) bond motifs is 2. The number of nitrogens with one attached hydrogen (secondary N) is 2. The molecule has 0 radical (unpaired) electrons. The van der Waals surface area contributed by atoms with Crippen LogP contribution in [0.5, 0.6) is 0 Å². The topological polar surface area (TPSA) is 182 Å². The van der Waals surface area contributed by atoms with E-state index in [0.717, 1.165) is 0 Å². The molecule has 0 unspecified atom stereocenters. The van der Waals surface area contributed by atoms with Gasteiger partial charge in [0.25, 0.3) is 11.2 Å². The predicted octanol–water partition coefficient (Wildman–Crippen LogP) is 6.02. The molecule has 0 bridgehead atoms. The smallest absolute Gasteiger partial charge is 0.414 e. The number of rotatable bonds is 9. The Morgan fingerprint density at radius 3 is 2.38 bits per heavy atom. The van der Waals surface area contributed by atoms with Gasteiger partial charge in [-0.05, 0) is 28.2 Å². The van der Waals surface area contributed by atoms with Crippen LogP contribution in [0.3, 0.4) is 0 Å². The van der Waals surface area contributed by atoms with Crippen LogP contribution < -0.4 is 10.9 Å². The maximum absolute atomic E-state index is 13.0. The summed E-state index contributed by atoms with van der Waals surface area (Å²) in [7, 11) is -5.60. The van der Waals surface area contributed by atoms with Crippen molar-refractivity contribution < 1.29 is 32.2 Å². The number of nitro groups is 1. The molecule has 15 nitrogen and oxygen atoms in total. The second kappa shape index (κ2) is 13.6. The van der Waals surface area contributed by atoms with Gasteiger partial charge in [-0.25, -0.2) is 9.78 Å². The lowest BCUT2D eigenvalue weighted by Crippen LogP contribution is -2.65. The normalized spacial score (nSPS) is 22.4. The third kappa shape index (κ3) is 6.64. The first kappa shape index (κ1) is 34.8. The molecular formula is C30H44N6O9Si2. The van der Waals surface area contributed by atoms with Gasteiger partial charge >= 0.3 is 23.2 Å². The van der Waals surface area contributed by atoms with E-state index in [1.165, 1.54) is 24.5 Å². The fraction of sp³-hybridized carbons (Fsp3) is 0.600. The van der Waals surface area contributed by atoms with E-state index in [9.17, 15) is 19.7 Å². The first-order chi connectivity index (χ1) is 22.2. The number of aromatic nitrogens is 4. The third-order valence-corrected chi connectivity index (χ3v) is 19.3. The van der Waals surface area contributed by atoms with Crippen LogP contribution in [0.2, 0.25) is 22.2 Å². The highest BCUT2D eigenvalue weighted by molar-refractivity contribution is 6.84. The first-order valence-electron chi connectivity index (χ1n) is 16.0. The maximum Gasteiger partial charge on any atom is 0.414 e. The molecule has 3 atom stereocenters. The Morgan fingerprint density at radius 2 is 1.74 bits per heavy atom. The molecule has 1 aromatic carbocycles. The summed E-state index contributed by atoms with van der Waals surface area (Å²) in [6, 6.07) is 5.93. The van der Waals surface area contributed by atoms with Gasteiger partial charge < -0.3 is 22.4 Å². The molecule has 3 aromatic rings. The van der Waals surface area contributed by atoms with Gasteiger partial charge in [0.15, 0.2) is 11.2 Å². The number of nitro benzene ring substituents is 1. The van der Waals surface area contributed by atoms with E-state index in [2.05, 4.69) is 75.7 Å². The Balaban J connectivity index is 1.40. The quantitative estimate of drug-likeness (QED) is 0.152. The molecule has 2 aliphatic rings. The van der Waals surface area contributed by atoms with Gasteiger partial charge in [-0.3, -0.25) is 29.8 Å². The highest BCUT2D eigenvalue weighted by Crippen LogP contribution is 2.48. The predicted molar refractivity (Wildman–Crippen MR) is 177 cm³/mol. The number of carbonyl (C=O) groups is 1. The molecule has 17 heteroatoms. The third-order valence-electron chi connectivity index (χ3n) is 9.04. The molecule has 47 heavy (non-hydrogen) atoms. The van der Waals surface area contributed by atoms with Gasteiger partial charge in [0.05, 0.1) is 29.5 Å². The molecule has 2 aliphatic heterocycles. The number of hydrogen-bond acceptors (Lipinski definition) is 11. The number of amides is 1. The number of para-hydroxylation sites is 1. The van der Waals surface area contributed by atoms with Crippen LogP contribution in [0, 0.1) is 10.1 Å². The van der Waals surface area contributed by atoms with Crippen LogP contribution >= 0.6 is 0 Å². The SMILES string of the molecule is CC(C)[Si]1(C(C)C)OC[C@H]2O[C@@H](n3cnc4c(=O)[nH]c(NC(=O)OCc5ccccc5[N+](=O)[O-])nc43)C[C@@H]2O[Si](C(C)C)(C(C)C)O1. The first-order valence-corrected chi connectivity index (χ1v) is 19.9. The number of imidazole rings is 1. The van der Waals surface area contributed by atoms with Gasteiger partial charge in [-0.15, -0.1) is 0 Å². The van der Waals surface area contributed by atoms with Crippen molar-refractivity contribution in [3.05, 3.63) is 56.6 Å². The van der Waals surface area contributed by atoms with E-state index in [1.807, 2.05) is 0 Å². The maximum atomic E-state index is 13.0. The highest BCUT2D eigenvalue weighted by atomic mass is 28.5. The number of hydrogen-bond donors (Lipinski definition) is 2. The Labute approximate surface area is 275 Å². The molecule has 0 spiro atoms. The minimum absolute atomic E-state index is 0.0661. The summed E-state index contributed by atoms with van der Waals surface area (Å²) < 4.78 is 34.6. The molecule has 4 heterocycles. The Bertz CT molecular complexity index is 1660. The summed E-state index contributed by atoms with van der Waals surface area (Å²) in [5.41, 5.74) is 0.429. The number of anilines is 1. The van der Waals surface area contributed by atoms with Crippen LogP contribution in [0.25, 0.3) is 11.2 Å². The monoisotopic (exact) mass is 688 g/mol. The van der Waals surface area contributed by atoms with Crippen LogP contribution in [-0.4, -0.2) is 66.5 Å². The standard InChI is InChI=1S/C30H44N6O9Si2/c1-17(2)46(18(3)4)42-15-24-23(44-47(45-46,19(5)6)20(7)8)13-25(43-24)35-16-31-26-27(35)32-29(33-28(26)37)34-30(38)41-14-21-11-9-10-12-22(21)36(39)40/h9-12,16-20,23-25H,13-15H2,1-8H3,(H2,32,33,34,37,38)/t23-,24+,25+/m0/s1. The summed E-state index contributed by atoms with van der Waals surface area (Å²) in [4.78, 5) is 47.5. The van der Waals surface area contributed by atoms with Crippen molar-refractivity contribution in [1.29, 1.82) is 0 Å². The lowest BCUT2D eigenvalue weighted by atomic mass is 10.2. The van der Waals surface area contributed by atoms with Crippen molar-refractivity contribution in [2.24, 2.45) is 0 Å². The molecular weight excluding hydrogens is 645 g/mol. The molecule has 0 aliphatic carbocycles. The van der Waals surface area contributed by atoms with Gasteiger partial charge in [0, 0.05) is 12.5 Å². The Morgan fingerprint density at radius 1 is 1.09 bits per heavy atom. The zero-order valence-electron chi connectivity index (χ0n) is 28.0. The van der Waals surface area contributed by atoms with Crippen LogP contribution in [-0.2, 0) is 29.0 Å². The van der Waals surface area contributed by atoms with E-state index in [4.69, 9.17) is 22.4 Å². The van der Waals surface area contributed by atoms with Crippen molar-refractivity contribution in [2.75, 3.05) is 11.9 Å². The van der Waals surface area contributed by atoms with Crippen molar-refractivity contribution in [3.63, 3.8) is 0 Å². The average Bonchev–Trinajstić information content (AvgIpc) is 3.59. The molecule has 2 saturated heterocycles. The molecule has 256 valence electrons. The second-order valence-electron chi connectivity index (χ2n) is 13.3. The number of ether oxygens (including phenoxy) is 2. The zero-order chi connectivity index (χ0) is 34.3. The van der Waals surface area contributed by atoms with Crippen molar-refractivity contribution in [3.8, 4) is 0 Å². The van der Waals surface area contributed by atoms with E-state index in [-0.39, 0.29) is 69.3 Å². The number of H-pyrrole nitrogens is 1. The van der Waals surface area contributed by atoms with Crippen molar-refractivity contribution in [2.45, 2.75) is 109 Å². The summed E-state index contributed by atoms with van der Waals surface area (Å²) >= 11 is 0. The highest BCUT2D eigenvalue weighted by Gasteiger charge is 2.60. The molecule has 0 saturated carbocycles. The van der Waals surface area contributed by atoms with Crippen molar-refractivity contribution in [1.82, 2.24) is 19.5 Å². The number of nitrogens with zero attached hydrogens (tertiary/aromatic N) is 4.